The second-order valence-corrected chi connectivity index (χ2v) is 14.6. The lowest BCUT2D eigenvalue weighted by Crippen LogP contribution is -2.30. The van der Waals surface area contributed by atoms with E-state index >= 15 is 0 Å². The van der Waals surface area contributed by atoms with Gasteiger partial charge >= 0.3 is 0 Å². The molecule has 54 heavy (non-hydrogen) atoms. The quantitative estimate of drug-likeness (QED) is 0.0755. The van der Waals surface area contributed by atoms with Gasteiger partial charge in [0, 0.05) is 27.1 Å². The zero-order chi connectivity index (χ0) is 37.9. The van der Waals surface area contributed by atoms with Gasteiger partial charge in [0.1, 0.15) is 16.7 Å². The molecule has 1 heterocycles. The highest BCUT2D eigenvalue weighted by molar-refractivity contribution is 8.00. The number of hydrogen-bond donors (Lipinski definition) is 3. The SMILES string of the molecule is CCOc1ccc(-c2csc(NC(=O)C(Sc3cccc(NC(=O)/C(=C\c4ccc(C(C)C)cc4)NC(=O)c4ccccc4)c3)c3ccccc3)n2)cc1. The number of aromatic nitrogens is 1. The molecule has 6 rings (SSSR count). The molecule has 6 aromatic rings. The van der Waals surface area contributed by atoms with Crippen molar-refractivity contribution in [2.24, 2.45) is 0 Å². The molecule has 0 saturated heterocycles. The third-order valence-electron chi connectivity index (χ3n) is 8.32. The summed E-state index contributed by atoms with van der Waals surface area (Å²) in [6.07, 6.45) is 1.66. The Morgan fingerprint density at radius 2 is 1.50 bits per heavy atom. The Balaban J connectivity index is 1.20. The van der Waals surface area contributed by atoms with Crippen molar-refractivity contribution >= 4 is 57.7 Å². The number of hydrogen-bond acceptors (Lipinski definition) is 7. The number of anilines is 2. The van der Waals surface area contributed by atoms with Crippen LogP contribution in [0.1, 0.15) is 59.0 Å². The number of thiazole rings is 1. The van der Waals surface area contributed by atoms with Crippen LogP contribution in [0, 0.1) is 0 Å². The molecule has 0 fully saturated rings. The molecule has 3 amide bonds. The maximum Gasteiger partial charge on any atom is 0.272 e. The van der Waals surface area contributed by atoms with Gasteiger partial charge in [0.05, 0.1) is 12.3 Å². The van der Waals surface area contributed by atoms with Gasteiger partial charge in [0.15, 0.2) is 5.13 Å². The molecule has 0 aliphatic rings. The molecule has 5 aromatic carbocycles. The maximum atomic E-state index is 13.9. The van der Waals surface area contributed by atoms with E-state index in [2.05, 4.69) is 34.8 Å². The number of benzene rings is 5. The third-order valence-corrected chi connectivity index (χ3v) is 10.3. The molecule has 1 unspecified atom stereocenters. The van der Waals surface area contributed by atoms with Crippen molar-refractivity contribution in [3.05, 3.63) is 167 Å². The molecule has 1 aromatic heterocycles. The zero-order valence-corrected chi connectivity index (χ0v) is 31.7. The summed E-state index contributed by atoms with van der Waals surface area (Å²) in [5.41, 5.74) is 5.46. The maximum absolute atomic E-state index is 13.9. The van der Waals surface area contributed by atoms with Crippen LogP contribution in [0.15, 0.2) is 149 Å². The highest BCUT2D eigenvalue weighted by atomic mass is 32.2. The third kappa shape index (κ3) is 10.1. The largest absolute Gasteiger partial charge is 0.494 e. The van der Waals surface area contributed by atoms with Crippen LogP contribution in [0.25, 0.3) is 17.3 Å². The van der Waals surface area contributed by atoms with Gasteiger partial charge in [-0.05, 0) is 90.2 Å². The minimum atomic E-state index is -0.621. The Hall–Kier alpha value is -5.97. The fourth-order valence-electron chi connectivity index (χ4n) is 5.49. The van der Waals surface area contributed by atoms with E-state index in [9.17, 15) is 14.4 Å². The number of nitrogens with one attached hydrogen (secondary N) is 3. The second-order valence-electron chi connectivity index (χ2n) is 12.6. The van der Waals surface area contributed by atoms with Gasteiger partial charge in [-0.3, -0.25) is 14.4 Å². The van der Waals surface area contributed by atoms with E-state index in [4.69, 9.17) is 4.74 Å². The normalized spacial score (nSPS) is 11.8. The smallest absolute Gasteiger partial charge is 0.272 e. The van der Waals surface area contributed by atoms with Crippen molar-refractivity contribution in [3.63, 3.8) is 0 Å². The number of rotatable bonds is 14. The Bertz CT molecular complexity index is 2220. The second kappa shape index (κ2) is 18.2. The first-order valence-electron chi connectivity index (χ1n) is 17.6. The first-order chi connectivity index (χ1) is 26.2. The Labute approximate surface area is 323 Å². The molecular weight excluding hydrogens is 713 g/mol. The minimum absolute atomic E-state index is 0.0915. The molecule has 0 spiro atoms. The lowest BCUT2D eigenvalue weighted by Gasteiger charge is -2.17. The molecule has 0 saturated carbocycles. The van der Waals surface area contributed by atoms with Crippen LogP contribution < -0.4 is 20.7 Å². The van der Waals surface area contributed by atoms with Gasteiger partial charge in [-0.15, -0.1) is 23.1 Å². The van der Waals surface area contributed by atoms with E-state index in [1.807, 2.05) is 115 Å². The lowest BCUT2D eigenvalue weighted by atomic mass is 10.0. The summed E-state index contributed by atoms with van der Waals surface area (Å²) < 4.78 is 5.55. The van der Waals surface area contributed by atoms with Crippen molar-refractivity contribution in [2.75, 3.05) is 17.2 Å². The van der Waals surface area contributed by atoms with Crippen molar-refractivity contribution in [3.8, 4) is 17.0 Å². The fraction of sp³-hybridized carbons (Fsp3) is 0.136. The highest BCUT2D eigenvalue weighted by Crippen LogP contribution is 2.38. The molecule has 0 aliphatic carbocycles. The lowest BCUT2D eigenvalue weighted by molar-refractivity contribution is -0.116. The summed E-state index contributed by atoms with van der Waals surface area (Å²) in [4.78, 5) is 46.3. The molecular formula is C44H40N4O4S2. The fourth-order valence-corrected chi connectivity index (χ4v) is 7.30. The van der Waals surface area contributed by atoms with Gasteiger partial charge in [0.25, 0.3) is 11.8 Å². The summed E-state index contributed by atoms with van der Waals surface area (Å²) in [5, 5.41) is 10.5. The average molecular weight is 753 g/mol. The Morgan fingerprint density at radius 1 is 0.796 bits per heavy atom. The minimum Gasteiger partial charge on any atom is -0.494 e. The van der Waals surface area contributed by atoms with Crippen LogP contribution in [0.3, 0.4) is 0 Å². The van der Waals surface area contributed by atoms with E-state index in [1.165, 1.54) is 28.7 Å². The van der Waals surface area contributed by atoms with E-state index in [0.717, 1.165) is 33.0 Å². The molecule has 10 heteroatoms. The summed E-state index contributed by atoms with van der Waals surface area (Å²) in [7, 11) is 0. The van der Waals surface area contributed by atoms with E-state index in [0.29, 0.717) is 28.9 Å². The van der Waals surface area contributed by atoms with Crippen molar-refractivity contribution in [1.29, 1.82) is 0 Å². The van der Waals surface area contributed by atoms with Crippen molar-refractivity contribution < 1.29 is 19.1 Å². The number of ether oxygens (including phenoxy) is 1. The van der Waals surface area contributed by atoms with Gasteiger partial charge < -0.3 is 20.7 Å². The molecule has 272 valence electrons. The Morgan fingerprint density at radius 3 is 2.19 bits per heavy atom. The molecule has 1 atom stereocenters. The van der Waals surface area contributed by atoms with Crippen LogP contribution in [0.2, 0.25) is 0 Å². The molecule has 3 N–H and O–H groups in total. The van der Waals surface area contributed by atoms with E-state index < -0.39 is 17.1 Å². The van der Waals surface area contributed by atoms with E-state index in [-0.39, 0.29) is 11.6 Å². The van der Waals surface area contributed by atoms with Gasteiger partial charge in [-0.25, -0.2) is 4.98 Å². The van der Waals surface area contributed by atoms with Gasteiger partial charge in [0.2, 0.25) is 5.91 Å². The number of carbonyl (C=O) groups excluding carboxylic acids is 3. The molecule has 0 aliphatic heterocycles. The predicted molar refractivity (Wildman–Crippen MR) is 220 cm³/mol. The molecule has 8 nitrogen and oxygen atoms in total. The summed E-state index contributed by atoms with van der Waals surface area (Å²) in [6, 6.07) is 41.1. The van der Waals surface area contributed by atoms with Gasteiger partial charge in [-0.2, -0.15) is 0 Å². The van der Waals surface area contributed by atoms with Crippen LogP contribution in [-0.2, 0) is 9.59 Å². The first kappa shape index (κ1) is 37.8. The number of amides is 3. The number of nitrogens with zero attached hydrogens (tertiary/aromatic N) is 1. The standard InChI is InChI=1S/C44H40N4O4S2/c1-4-52-36-24-22-32(23-25-36)39-28-53-44(47-39)48-43(51)40(33-12-7-5-8-13-33)54-37-17-11-16-35(27-37)45-42(50)38(46-41(49)34-14-9-6-10-15-34)26-30-18-20-31(21-19-30)29(2)3/h5-29,40H,4H2,1-3H3,(H,45,50)(H,46,49)(H,47,48,51)/b38-26+. The van der Waals surface area contributed by atoms with Crippen molar-refractivity contribution in [2.45, 2.75) is 36.8 Å². The zero-order valence-electron chi connectivity index (χ0n) is 30.1. The Kier molecular flexibility index (Phi) is 12.7. The van der Waals surface area contributed by atoms with Crippen LogP contribution in [-0.4, -0.2) is 29.3 Å². The molecule has 0 bridgehead atoms. The number of carbonyl (C=O) groups is 3. The van der Waals surface area contributed by atoms with Crippen LogP contribution in [0.5, 0.6) is 5.75 Å². The topological polar surface area (TPSA) is 109 Å². The summed E-state index contributed by atoms with van der Waals surface area (Å²) in [5.74, 6) is 0.0277. The monoisotopic (exact) mass is 752 g/mol. The van der Waals surface area contributed by atoms with Crippen LogP contribution >= 0.6 is 23.1 Å². The highest BCUT2D eigenvalue weighted by Gasteiger charge is 2.24. The summed E-state index contributed by atoms with van der Waals surface area (Å²) >= 11 is 2.71. The van der Waals surface area contributed by atoms with Crippen LogP contribution in [0.4, 0.5) is 10.8 Å². The average Bonchev–Trinajstić information content (AvgIpc) is 3.66. The molecule has 0 radical (unpaired) electrons. The number of thioether (sulfide) groups is 1. The first-order valence-corrected chi connectivity index (χ1v) is 19.3. The van der Waals surface area contributed by atoms with Gasteiger partial charge in [-0.1, -0.05) is 92.7 Å². The van der Waals surface area contributed by atoms with Crippen molar-refractivity contribution in [1.82, 2.24) is 10.3 Å². The predicted octanol–water partition coefficient (Wildman–Crippen LogP) is 10.2. The summed E-state index contributed by atoms with van der Waals surface area (Å²) in [6.45, 7) is 6.77. The van der Waals surface area contributed by atoms with E-state index in [1.54, 1.807) is 36.4 Å².